The second-order valence-electron chi connectivity index (χ2n) is 5.31. The zero-order valence-corrected chi connectivity index (χ0v) is 11.7. The molecule has 6 nitrogen and oxygen atoms in total. The molecule has 104 valence electrons. The molecule has 0 spiro atoms. The van der Waals surface area contributed by atoms with Gasteiger partial charge >= 0.3 is 0 Å². The Kier molecular flexibility index (Phi) is 3.14. The van der Waals surface area contributed by atoms with E-state index in [9.17, 15) is 0 Å². The monoisotopic (exact) mass is 270 g/mol. The Morgan fingerprint density at radius 1 is 1.20 bits per heavy atom. The third-order valence-corrected chi connectivity index (χ3v) is 3.21. The van der Waals surface area contributed by atoms with Gasteiger partial charge in [0.15, 0.2) is 5.82 Å². The topological polar surface area (TPSA) is 74.5 Å². The summed E-state index contributed by atoms with van der Waals surface area (Å²) in [6.45, 7) is 5.74. The average Bonchev–Trinajstić information content (AvgIpc) is 2.96. The quantitative estimate of drug-likeness (QED) is 0.786. The van der Waals surface area contributed by atoms with Crippen LogP contribution in [0, 0.1) is 5.92 Å². The van der Waals surface area contributed by atoms with E-state index in [0.29, 0.717) is 18.3 Å². The Morgan fingerprint density at radius 3 is 2.80 bits per heavy atom. The lowest BCUT2D eigenvalue weighted by Gasteiger charge is -2.09. The largest absolute Gasteiger partial charge is 0.382 e. The third kappa shape index (κ3) is 2.24. The van der Waals surface area contributed by atoms with E-state index < -0.39 is 0 Å². The number of benzene rings is 1. The molecule has 0 bridgehead atoms. The molecule has 6 heteroatoms. The van der Waals surface area contributed by atoms with E-state index in [2.05, 4.69) is 29.0 Å². The Bertz CT molecular complexity index is 724. The first kappa shape index (κ1) is 12.7. The minimum absolute atomic E-state index is 0.523. The summed E-state index contributed by atoms with van der Waals surface area (Å²) < 4.78 is 3.81. The fraction of sp³-hybridized carbons (Fsp3) is 0.357. The van der Waals surface area contributed by atoms with Crippen LogP contribution in [0.3, 0.4) is 0 Å². The van der Waals surface area contributed by atoms with Crippen molar-refractivity contribution in [3.8, 4) is 0 Å². The van der Waals surface area contributed by atoms with Crippen molar-refractivity contribution in [1.29, 1.82) is 0 Å². The predicted octanol–water partition coefficient (Wildman–Crippen LogP) is 1.91. The van der Waals surface area contributed by atoms with Crippen molar-refractivity contribution in [3.63, 3.8) is 0 Å². The fourth-order valence-electron chi connectivity index (χ4n) is 2.32. The number of hydrogen-bond acceptors (Lipinski definition) is 4. The van der Waals surface area contributed by atoms with Gasteiger partial charge < -0.3 is 5.73 Å². The Morgan fingerprint density at radius 2 is 2.00 bits per heavy atom. The summed E-state index contributed by atoms with van der Waals surface area (Å²) in [6, 6.07) is 7.94. The average molecular weight is 270 g/mol. The zero-order valence-electron chi connectivity index (χ0n) is 11.7. The van der Waals surface area contributed by atoms with Crippen LogP contribution in [-0.4, -0.2) is 24.5 Å². The molecule has 0 atom stereocenters. The van der Waals surface area contributed by atoms with Crippen LogP contribution < -0.4 is 5.73 Å². The van der Waals surface area contributed by atoms with Crippen LogP contribution in [0.5, 0.6) is 0 Å². The lowest BCUT2D eigenvalue weighted by Crippen LogP contribution is -2.14. The van der Waals surface area contributed by atoms with E-state index in [4.69, 9.17) is 5.73 Å². The predicted molar refractivity (Wildman–Crippen MR) is 78.1 cm³/mol. The molecular formula is C14H18N6. The Hall–Kier alpha value is -2.37. The van der Waals surface area contributed by atoms with E-state index in [1.54, 1.807) is 6.33 Å². The van der Waals surface area contributed by atoms with Gasteiger partial charge in [-0.25, -0.2) is 9.67 Å². The minimum atomic E-state index is 0.523. The van der Waals surface area contributed by atoms with E-state index in [1.807, 2.05) is 33.6 Å². The van der Waals surface area contributed by atoms with Gasteiger partial charge in [0, 0.05) is 11.9 Å². The SMILES string of the molecule is CC(C)Cn1ncnc1Cn1nc(N)c2ccccc21. The maximum Gasteiger partial charge on any atom is 0.153 e. The van der Waals surface area contributed by atoms with Gasteiger partial charge in [-0.05, 0) is 18.1 Å². The summed E-state index contributed by atoms with van der Waals surface area (Å²) >= 11 is 0. The van der Waals surface area contributed by atoms with Crippen molar-refractivity contribution in [2.45, 2.75) is 26.9 Å². The molecule has 0 aliphatic carbocycles. The number of hydrogen-bond donors (Lipinski definition) is 1. The summed E-state index contributed by atoms with van der Waals surface area (Å²) in [6.07, 6.45) is 1.59. The number of fused-ring (bicyclic) bond motifs is 1. The summed E-state index contributed by atoms with van der Waals surface area (Å²) in [4.78, 5) is 4.33. The van der Waals surface area contributed by atoms with Crippen LogP contribution in [0.15, 0.2) is 30.6 Å². The molecule has 0 saturated heterocycles. The third-order valence-electron chi connectivity index (χ3n) is 3.21. The summed E-state index contributed by atoms with van der Waals surface area (Å²) in [5.74, 6) is 1.97. The molecule has 0 unspecified atom stereocenters. The first-order chi connectivity index (χ1) is 9.65. The summed E-state index contributed by atoms with van der Waals surface area (Å²) in [5.41, 5.74) is 6.97. The highest BCUT2D eigenvalue weighted by atomic mass is 15.4. The molecule has 0 aliphatic heterocycles. The summed E-state index contributed by atoms with van der Waals surface area (Å²) in [7, 11) is 0. The Labute approximate surface area is 117 Å². The molecule has 0 radical (unpaired) electrons. The lowest BCUT2D eigenvalue weighted by molar-refractivity contribution is 0.458. The van der Waals surface area contributed by atoms with E-state index in [0.717, 1.165) is 23.3 Å². The van der Waals surface area contributed by atoms with Gasteiger partial charge in [0.1, 0.15) is 18.7 Å². The highest BCUT2D eigenvalue weighted by molar-refractivity contribution is 5.88. The molecule has 2 N–H and O–H groups in total. The number of para-hydroxylation sites is 1. The number of rotatable bonds is 4. The second-order valence-corrected chi connectivity index (χ2v) is 5.31. The zero-order chi connectivity index (χ0) is 14.1. The van der Waals surface area contributed by atoms with Crippen LogP contribution in [0.1, 0.15) is 19.7 Å². The number of nitrogen functional groups attached to an aromatic ring is 1. The molecule has 0 amide bonds. The van der Waals surface area contributed by atoms with Crippen molar-refractivity contribution in [2.75, 3.05) is 5.73 Å². The molecule has 0 aliphatic rings. The van der Waals surface area contributed by atoms with Crippen molar-refractivity contribution in [3.05, 3.63) is 36.4 Å². The number of nitrogens with zero attached hydrogens (tertiary/aromatic N) is 5. The first-order valence-electron chi connectivity index (χ1n) is 6.73. The van der Waals surface area contributed by atoms with E-state index in [-0.39, 0.29) is 0 Å². The molecule has 2 heterocycles. The molecule has 0 saturated carbocycles. The number of nitrogens with two attached hydrogens (primary N) is 1. The normalized spacial score (nSPS) is 11.6. The minimum Gasteiger partial charge on any atom is -0.382 e. The molecular weight excluding hydrogens is 252 g/mol. The van der Waals surface area contributed by atoms with Gasteiger partial charge in [0.05, 0.1) is 5.52 Å². The highest BCUT2D eigenvalue weighted by Crippen LogP contribution is 2.20. The smallest absolute Gasteiger partial charge is 0.153 e. The molecule has 3 rings (SSSR count). The standard InChI is InChI=1S/C14H18N6/c1-10(2)7-20-13(16-9-17-20)8-19-12-6-4-3-5-11(12)14(15)18-19/h3-6,9-10H,7-8H2,1-2H3,(H2,15,18). The van der Waals surface area contributed by atoms with Crippen LogP contribution in [0.4, 0.5) is 5.82 Å². The van der Waals surface area contributed by atoms with Crippen molar-refractivity contribution in [2.24, 2.45) is 5.92 Å². The van der Waals surface area contributed by atoms with Gasteiger partial charge in [0.25, 0.3) is 0 Å². The van der Waals surface area contributed by atoms with Gasteiger partial charge in [-0.3, -0.25) is 4.68 Å². The van der Waals surface area contributed by atoms with Crippen LogP contribution >= 0.6 is 0 Å². The highest BCUT2D eigenvalue weighted by Gasteiger charge is 2.11. The van der Waals surface area contributed by atoms with Crippen LogP contribution in [0.25, 0.3) is 10.9 Å². The maximum absolute atomic E-state index is 5.95. The molecule has 0 fully saturated rings. The van der Waals surface area contributed by atoms with E-state index >= 15 is 0 Å². The van der Waals surface area contributed by atoms with Crippen molar-refractivity contribution >= 4 is 16.7 Å². The van der Waals surface area contributed by atoms with Gasteiger partial charge in [-0.2, -0.15) is 10.2 Å². The fourth-order valence-corrected chi connectivity index (χ4v) is 2.32. The maximum atomic E-state index is 5.95. The number of anilines is 1. The van der Waals surface area contributed by atoms with E-state index in [1.165, 1.54) is 0 Å². The molecule has 2 aromatic heterocycles. The van der Waals surface area contributed by atoms with Crippen LogP contribution in [0.2, 0.25) is 0 Å². The molecule has 20 heavy (non-hydrogen) atoms. The Balaban J connectivity index is 1.96. The molecule has 1 aromatic carbocycles. The first-order valence-corrected chi connectivity index (χ1v) is 6.73. The lowest BCUT2D eigenvalue weighted by atomic mass is 10.2. The van der Waals surface area contributed by atoms with Crippen molar-refractivity contribution < 1.29 is 0 Å². The van der Waals surface area contributed by atoms with Gasteiger partial charge in [-0.1, -0.05) is 26.0 Å². The van der Waals surface area contributed by atoms with Crippen LogP contribution in [-0.2, 0) is 13.1 Å². The number of aromatic nitrogens is 5. The second kappa shape index (κ2) is 4.96. The van der Waals surface area contributed by atoms with Crippen molar-refractivity contribution in [1.82, 2.24) is 24.5 Å². The van der Waals surface area contributed by atoms with Gasteiger partial charge in [0.2, 0.25) is 0 Å². The molecule has 3 aromatic rings. The van der Waals surface area contributed by atoms with Gasteiger partial charge in [-0.15, -0.1) is 0 Å². The summed E-state index contributed by atoms with van der Waals surface area (Å²) in [5, 5.41) is 9.65.